The van der Waals surface area contributed by atoms with Crippen molar-refractivity contribution in [1.29, 1.82) is 0 Å². The van der Waals surface area contributed by atoms with E-state index in [0.29, 0.717) is 53.1 Å². The number of hydrogen-bond donors (Lipinski definition) is 1. The summed E-state index contributed by atoms with van der Waals surface area (Å²) in [5, 5.41) is 3.62. The molecule has 0 bridgehead atoms. The first kappa shape index (κ1) is 37.2. The topological polar surface area (TPSA) is 109 Å². The van der Waals surface area contributed by atoms with E-state index in [-0.39, 0.29) is 11.2 Å². The zero-order valence-electron chi connectivity index (χ0n) is 31.5. The van der Waals surface area contributed by atoms with Crippen molar-refractivity contribution in [3.63, 3.8) is 0 Å². The Kier molecular flexibility index (Phi) is 12.1. The molecule has 280 valence electrons. The zero-order valence-corrected chi connectivity index (χ0v) is 31.5. The molecule has 1 aromatic heterocycles. The number of ketones is 1. The molecule has 1 unspecified atom stereocenters. The van der Waals surface area contributed by atoms with Gasteiger partial charge in [-0.1, -0.05) is 12.1 Å². The minimum absolute atomic E-state index is 0.154. The second kappa shape index (κ2) is 16.9. The summed E-state index contributed by atoms with van der Waals surface area (Å²) in [5.41, 5.74) is 3.81. The van der Waals surface area contributed by atoms with E-state index in [9.17, 15) is 4.79 Å². The van der Waals surface area contributed by atoms with Crippen molar-refractivity contribution in [3.05, 3.63) is 65.2 Å². The third kappa shape index (κ3) is 7.51. The maximum absolute atomic E-state index is 14.6. The highest BCUT2D eigenvalue weighted by molar-refractivity contribution is 6.11. The Bertz CT molecular complexity index is 1810. The molecule has 12 heteroatoms. The van der Waals surface area contributed by atoms with Crippen LogP contribution in [0.2, 0.25) is 0 Å². The third-order valence-electron chi connectivity index (χ3n) is 10.6. The van der Waals surface area contributed by atoms with Gasteiger partial charge in [-0.2, -0.15) is 0 Å². The Hall–Kier alpha value is -4.52. The monoisotopic (exact) mass is 715 g/mol. The normalized spacial score (nSPS) is 18.0. The number of rotatable bonds is 16. The molecule has 52 heavy (non-hydrogen) atoms. The fourth-order valence-corrected chi connectivity index (χ4v) is 7.79. The molecular weight excluding hydrogens is 662 g/mol. The number of nitrogens with zero attached hydrogens (tertiary/aromatic N) is 4. The molecule has 0 radical (unpaired) electrons. The highest BCUT2D eigenvalue weighted by atomic mass is 16.5. The first-order valence-electron chi connectivity index (χ1n) is 18.2. The molecule has 6 rings (SSSR count). The van der Waals surface area contributed by atoms with Gasteiger partial charge in [0.25, 0.3) is 0 Å². The molecule has 0 spiro atoms. The largest absolute Gasteiger partial charge is 0.493 e. The molecule has 3 heterocycles. The van der Waals surface area contributed by atoms with Gasteiger partial charge in [0, 0.05) is 55.9 Å². The molecular formula is C40H53N5O7. The summed E-state index contributed by atoms with van der Waals surface area (Å²) in [4.78, 5) is 24.6. The summed E-state index contributed by atoms with van der Waals surface area (Å²) in [7, 11) is 7.87. The van der Waals surface area contributed by atoms with Crippen LogP contribution in [0.3, 0.4) is 0 Å². The van der Waals surface area contributed by atoms with Gasteiger partial charge in [-0.05, 0) is 87.8 Å². The molecule has 12 nitrogen and oxygen atoms in total. The summed E-state index contributed by atoms with van der Waals surface area (Å²) in [5.74, 6) is 3.24. The van der Waals surface area contributed by atoms with E-state index in [1.807, 2.05) is 25.1 Å². The predicted octanol–water partition coefficient (Wildman–Crippen LogP) is 5.18. The molecule has 2 aliphatic rings. The smallest absolute Gasteiger partial charge is 0.206 e. The number of carbonyl (C=O) groups excluding carboxylic acids is 1. The number of fused-ring (bicyclic) bond motifs is 1. The molecule has 2 saturated heterocycles. The van der Waals surface area contributed by atoms with Crippen molar-refractivity contribution in [2.45, 2.75) is 38.1 Å². The van der Waals surface area contributed by atoms with Gasteiger partial charge >= 0.3 is 0 Å². The Morgan fingerprint density at radius 2 is 1.58 bits per heavy atom. The first-order chi connectivity index (χ1) is 25.4. The van der Waals surface area contributed by atoms with E-state index in [2.05, 4.69) is 37.9 Å². The lowest BCUT2D eigenvalue weighted by molar-refractivity contribution is 0.103. The quantitative estimate of drug-likeness (QED) is 0.123. The van der Waals surface area contributed by atoms with Gasteiger partial charge in [-0.25, -0.2) is 4.98 Å². The van der Waals surface area contributed by atoms with Crippen LogP contribution in [0.5, 0.6) is 28.7 Å². The van der Waals surface area contributed by atoms with Gasteiger partial charge < -0.3 is 48.1 Å². The molecule has 0 saturated carbocycles. The summed E-state index contributed by atoms with van der Waals surface area (Å²) >= 11 is 0. The number of hydrogen-bond acceptors (Lipinski definition) is 11. The predicted molar refractivity (Wildman–Crippen MR) is 202 cm³/mol. The first-order valence-corrected chi connectivity index (χ1v) is 18.2. The van der Waals surface area contributed by atoms with E-state index < -0.39 is 0 Å². The number of benzene rings is 3. The van der Waals surface area contributed by atoms with Gasteiger partial charge in [-0.3, -0.25) is 4.79 Å². The number of aromatic nitrogens is 2. The molecule has 2 fully saturated rings. The minimum Gasteiger partial charge on any atom is -0.493 e. The van der Waals surface area contributed by atoms with E-state index in [1.54, 1.807) is 47.7 Å². The van der Waals surface area contributed by atoms with Crippen LogP contribution in [0.1, 0.15) is 47.7 Å². The molecule has 2 aliphatic heterocycles. The van der Waals surface area contributed by atoms with Crippen LogP contribution in [0, 0.1) is 0 Å². The van der Waals surface area contributed by atoms with Crippen molar-refractivity contribution >= 4 is 22.8 Å². The summed E-state index contributed by atoms with van der Waals surface area (Å²) in [6.07, 6.45) is 2.79. The van der Waals surface area contributed by atoms with E-state index >= 15 is 0 Å². The lowest BCUT2D eigenvalue weighted by Gasteiger charge is -2.34. The Morgan fingerprint density at radius 1 is 0.846 bits per heavy atom. The van der Waals surface area contributed by atoms with Gasteiger partial charge in [0.2, 0.25) is 11.7 Å². The molecule has 1 N–H and O–H groups in total. The number of methoxy groups -OCH3 is 5. The molecule has 3 aromatic carbocycles. The summed E-state index contributed by atoms with van der Waals surface area (Å²) < 4.78 is 36.3. The average molecular weight is 716 g/mol. The fourth-order valence-electron chi connectivity index (χ4n) is 7.79. The van der Waals surface area contributed by atoms with E-state index in [1.165, 1.54) is 0 Å². The number of imidazole rings is 1. The van der Waals surface area contributed by atoms with Crippen molar-refractivity contribution in [2.24, 2.45) is 0 Å². The lowest BCUT2D eigenvalue weighted by atomic mass is 9.73. The fraction of sp³-hybridized carbons (Fsp3) is 0.500. The second-order valence-electron chi connectivity index (χ2n) is 13.4. The van der Waals surface area contributed by atoms with E-state index in [0.717, 1.165) is 94.2 Å². The maximum Gasteiger partial charge on any atom is 0.206 e. The van der Waals surface area contributed by atoms with Crippen LogP contribution in [0.25, 0.3) is 11.0 Å². The van der Waals surface area contributed by atoms with E-state index in [4.69, 9.17) is 33.4 Å². The number of nitrogens with one attached hydrogen (secondary N) is 1. The Morgan fingerprint density at radius 3 is 2.25 bits per heavy atom. The molecule has 1 atom stereocenters. The minimum atomic E-state index is -0.301. The molecule has 0 amide bonds. The van der Waals surface area contributed by atoms with Gasteiger partial charge in [-0.15, -0.1) is 0 Å². The maximum atomic E-state index is 14.6. The van der Waals surface area contributed by atoms with Crippen LogP contribution < -0.4 is 33.9 Å². The van der Waals surface area contributed by atoms with Crippen LogP contribution in [-0.2, 0) is 16.7 Å². The van der Waals surface area contributed by atoms with Crippen molar-refractivity contribution in [2.75, 3.05) is 99.5 Å². The standard InChI is InChI=1S/C40H53N5O7/c1-7-52-22-21-45-32-12-9-8-11-31(32)42-39(45)44-17-10-16-43(19-20-44)18-14-40(13-15-41-27-40)30-26-34(48-3)33(47-2)25-29(30)37(46)28-23-35(49-4)38(51-6)36(24-28)50-5/h8-9,11-12,23-26,41H,7,10,13-22,27H2,1-6H3. The van der Waals surface area contributed by atoms with Crippen LogP contribution in [-0.4, -0.2) is 115 Å². The average Bonchev–Trinajstić information content (AvgIpc) is 3.74. The van der Waals surface area contributed by atoms with Crippen LogP contribution in [0.4, 0.5) is 5.95 Å². The van der Waals surface area contributed by atoms with Gasteiger partial charge in [0.15, 0.2) is 28.8 Å². The summed E-state index contributed by atoms with van der Waals surface area (Å²) in [6, 6.07) is 15.6. The summed E-state index contributed by atoms with van der Waals surface area (Å²) in [6.45, 7) is 10.4. The third-order valence-corrected chi connectivity index (χ3v) is 10.6. The SMILES string of the molecule is CCOCCn1c(N2CCCN(CCC3(c4cc(OC)c(OC)cc4C(=O)c4cc(OC)c(OC)c(OC)c4)CCNC3)CC2)nc2ccccc21. The van der Waals surface area contributed by atoms with Gasteiger partial charge in [0.05, 0.1) is 53.2 Å². The lowest BCUT2D eigenvalue weighted by Crippen LogP contribution is -2.38. The van der Waals surface area contributed by atoms with Crippen LogP contribution >= 0.6 is 0 Å². The number of anilines is 1. The molecule has 4 aromatic rings. The van der Waals surface area contributed by atoms with Crippen molar-refractivity contribution < 1.29 is 33.2 Å². The Balaban J connectivity index is 1.27. The number of carbonyl (C=O) groups is 1. The zero-order chi connectivity index (χ0) is 36.7. The van der Waals surface area contributed by atoms with Gasteiger partial charge in [0.1, 0.15) is 0 Å². The number of para-hydroxylation sites is 2. The van der Waals surface area contributed by atoms with Crippen LogP contribution in [0.15, 0.2) is 48.5 Å². The Labute approximate surface area is 306 Å². The number of ether oxygens (including phenoxy) is 6. The van der Waals surface area contributed by atoms with Crippen molar-refractivity contribution in [3.8, 4) is 28.7 Å². The van der Waals surface area contributed by atoms with Crippen molar-refractivity contribution in [1.82, 2.24) is 19.8 Å². The second-order valence-corrected chi connectivity index (χ2v) is 13.4. The highest BCUT2D eigenvalue weighted by Gasteiger charge is 2.40. The highest BCUT2D eigenvalue weighted by Crippen LogP contribution is 2.44. The molecule has 0 aliphatic carbocycles.